The van der Waals surface area contributed by atoms with Gasteiger partial charge in [0.25, 0.3) is 0 Å². The molecule has 18 heavy (non-hydrogen) atoms. The fourth-order valence-corrected chi connectivity index (χ4v) is 3.24. The lowest BCUT2D eigenvalue weighted by Gasteiger charge is -2.22. The average Bonchev–Trinajstić information content (AvgIpc) is 3.20. The topological polar surface area (TPSA) is 32.3 Å². The summed E-state index contributed by atoms with van der Waals surface area (Å²) in [6.07, 6.45) is 8.15. The number of carbonyl (C=O) groups is 1. The molecule has 0 atom stereocenters. The maximum atomic E-state index is 12.1. The zero-order chi connectivity index (χ0) is 12.5. The molecule has 0 aliphatic heterocycles. The van der Waals surface area contributed by atoms with Crippen LogP contribution in [0.4, 0.5) is 0 Å². The highest BCUT2D eigenvalue weighted by Gasteiger charge is 2.41. The van der Waals surface area contributed by atoms with Crippen LogP contribution in [0, 0.1) is 17.8 Å². The Morgan fingerprint density at radius 1 is 1.17 bits per heavy atom. The van der Waals surface area contributed by atoms with E-state index in [2.05, 4.69) is 17.1 Å². The molecular weight excluding hydrogens is 224 g/mol. The first kappa shape index (κ1) is 12.5. The molecule has 3 heteroatoms. The molecule has 0 spiro atoms. The van der Waals surface area contributed by atoms with Gasteiger partial charge in [0.2, 0.25) is 5.91 Å². The normalized spacial score (nSPS) is 23.4. The first-order valence-electron chi connectivity index (χ1n) is 7.79. The SMILES string of the molecule is CCN(C(=O)CNCC(C1CC1)C1CC1)C1CC1. The van der Waals surface area contributed by atoms with E-state index in [4.69, 9.17) is 0 Å². The van der Waals surface area contributed by atoms with E-state index >= 15 is 0 Å². The first-order chi connectivity index (χ1) is 8.79. The Morgan fingerprint density at radius 3 is 2.22 bits per heavy atom. The molecule has 0 heterocycles. The molecule has 3 nitrogen and oxygen atoms in total. The Labute approximate surface area is 110 Å². The lowest BCUT2D eigenvalue weighted by Crippen LogP contribution is -2.41. The number of likely N-dealkylation sites (N-methyl/N-ethyl adjacent to an activating group) is 1. The van der Waals surface area contributed by atoms with Crippen molar-refractivity contribution in [3.05, 3.63) is 0 Å². The van der Waals surface area contributed by atoms with Crippen LogP contribution >= 0.6 is 0 Å². The number of carbonyl (C=O) groups excluding carboxylic acids is 1. The summed E-state index contributed by atoms with van der Waals surface area (Å²) >= 11 is 0. The molecule has 3 rings (SSSR count). The van der Waals surface area contributed by atoms with Crippen molar-refractivity contribution < 1.29 is 4.79 Å². The average molecular weight is 250 g/mol. The van der Waals surface area contributed by atoms with E-state index < -0.39 is 0 Å². The molecule has 0 aromatic rings. The van der Waals surface area contributed by atoms with E-state index in [-0.39, 0.29) is 0 Å². The summed E-state index contributed by atoms with van der Waals surface area (Å²) in [6, 6.07) is 0.562. The van der Waals surface area contributed by atoms with Crippen LogP contribution in [0.1, 0.15) is 45.4 Å². The third kappa shape index (κ3) is 3.05. The standard InChI is InChI=1S/C15H26N2O/c1-2-17(13-7-8-13)15(18)10-16-9-14(11-3-4-11)12-5-6-12/h11-14,16H,2-10H2,1H3. The maximum absolute atomic E-state index is 12.1. The zero-order valence-electron chi connectivity index (χ0n) is 11.5. The van der Waals surface area contributed by atoms with E-state index in [1.165, 1.54) is 38.5 Å². The largest absolute Gasteiger partial charge is 0.339 e. The molecule has 3 saturated carbocycles. The second-order valence-corrected chi connectivity index (χ2v) is 6.38. The number of rotatable bonds is 8. The van der Waals surface area contributed by atoms with Crippen LogP contribution in [0.3, 0.4) is 0 Å². The number of amides is 1. The molecule has 0 radical (unpaired) electrons. The second-order valence-electron chi connectivity index (χ2n) is 6.38. The smallest absolute Gasteiger partial charge is 0.236 e. The van der Waals surface area contributed by atoms with Crippen molar-refractivity contribution in [2.45, 2.75) is 51.5 Å². The summed E-state index contributed by atoms with van der Waals surface area (Å²) in [5.74, 6) is 3.13. The monoisotopic (exact) mass is 250 g/mol. The highest BCUT2D eigenvalue weighted by atomic mass is 16.2. The molecular formula is C15H26N2O. The molecule has 3 aliphatic carbocycles. The van der Waals surface area contributed by atoms with Crippen LogP contribution in [0.5, 0.6) is 0 Å². The Hall–Kier alpha value is -0.570. The van der Waals surface area contributed by atoms with Crippen LogP contribution in [0.15, 0.2) is 0 Å². The quantitative estimate of drug-likeness (QED) is 0.715. The summed E-state index contributed by atoms with van der Waals surface area (Å²) in [7, 11) is 0. The van der Waals surface area contributed by atoms with E-state index in [1.807, 2.05) is 0 Å². The fraction of sp³-hybridized carbons (Fsp3) is 0.933. The Morgan fingerprint density at radius 2 is 1.78 bits per heavy atom. The highest BCUT2D eigenvalue weighted by Crippen LogP contribution is 2.48. The highest BCUT2D eigenvalue weighted by molar-refractivity contribution is 5.78. The number of nitrogens with zero attached hydrogens (tertiary/aromatic N) is 1. The maximum Gasteiger partial charge on any atom is 0.236 e. The van der Waals surface area contributed by atoms with Crippen LogP contribution in [-0.2, 0) is 4.79 Å². The van der Waals surface area contributed by atoms with Gasteiger partial charge in [-0.15, -0.1) is 0 Å². The Balaban J connectivity index is 1.38. The second kappa shape index (κ2) is 5.20. The van der Waals surface area contributed by atoms with Crippen molar-refractivity contribution in [1.29, 1.82) is 0 Å². The Bertz CT molecular complexity index is 294. The van der Waals surface area contributed by atoms with Crippen LogP contribution in [-0.4, -0.2) is 36.5 Å². The number of hydrogen-bond donors (Lipinski definition) is 1. The summed E-state index contributed by atoms with van der Waals surface area (Å²) < 4.78 is 0. The first-order valence-corrected chi connectivity index (χ1v) is 7.79. The Kier molecular flexibility index (Phi) is 3.60. The van der Waals surface area contributed by atoms with E-state index in [9.17, 15) is 4.79 Å². The van der Waals surface area contributed by atoms with Crippen LogP contribution in [0.25, 0.3) is 0 Å². The van der Waals surface area contributed by atoms with Crippen LogP contribution < -0.4 is 5.32 Å². The minimum atomic E-state index is 0.311. The number of nitrogens with one attached hydrogen (secondary N) is 1. The van der Waals surface area contributed by atoms with Crippen molar-refractivity contribution in [1.82, 2.24) is 10.2 Å². The van der Waals surface area contributed by atoms with Gasteiger partial charge in [0.05, 0.1) is 6.54 Å². The lowest BCUT2D eigenvalue weighted by atomic mass is 9.98. The minimum absolute atomic E-state index is 0.311. The van der Waals surface area contributed by atoms with Crippen LogP contribution in [0.2, 0.25) is 0 Å². The van der Waals surface area contributed by atoms with Gasteiger partial charge in [-0.25, -0.2) is 0 Å². The molecule has 0 bridgehead atoms. The fourth-order valence-electron chi connectivity index (χ4n) is 3.24. The van der Waals surface area contributed by atoms with Gasteiger partial charge in [-0.05, 0) is 69.7 Å². The van der Waals surface area contributed by atoms with Gasteiger partial charge < -0.3 is 10.2 Å². The van der Waals surface area contributed by atoms with E-state index in [0.29, 0.717) is 18.5 Å². The zero-order valence-corrected chi connectivity index (χ0v) is 11.5. The molecule has 102 valence electrons. The molecule has 3 fully saturated rings. The number of hydrogen-bond acceptors (Lipinski definition) is 2. The van der Waals surface area contributed by atoms with Crippen molar-refractivity contribution >= 4 is 5.91 Å². The lowest BCUT2D eigenvalue weighted by molar-refractivity contribution is -0.130. The summed E-state index contributed by atoms with van der Waals surface area (Å²) in [6.45, 7) is 4.59. The summed E-state index contributed by atoms with van der Waals surface area (Å²) in [5.41, 5.74) is 0. The minimum Gasteiger partial charge on any atom is -0.339 e. The summed E-state index contributed by atoms with van der Waals surface area (Å²) in [4.78, 5) is 14.1. The van der Waals surface area contributed by atoms with E-state index in [0.717, 1.165) is 30.8 Å². The van der Waals surface area contributed by atoms with Gasteiger partial charge in [-0.2, -0.15) is 0 Å². The molecule has 3 aliphatic rings. The van der Waals surface area contributed by atoms with Gasteiger partial charge in [0, 0.05) is 12.6 Å². The third-order valence-electron chi connectivity index (χ3n) is 4.76. The van der Waals surface area contributed by atoms with Crippen molar-refractivity contribution in [3.63, 3.8) is 0 Å². The molecule has 0 aromatic carbocycles. The van der Waals surface area contributed by atoms with Gasteiger partial charge in [0.15, 0.2) is 0 Å². The van der Waals surface area contributed by atoms with Crippen molar-refractivity contribution in [2.24, 2.45) is 17.8 Å². The van der Waals surface area contributed by atoms with E-state index in [1.54, 1.807) is 0 Å². The molecule has 1 N–H and O–H groups in total. The third-order valence-corrected chi connectivity index (χ3v) is 4.76. The van der Waals surface area contributed by atoms with Gasteiger partial charge in [0.1, 0.15) is 0 Å². The molecule has 0 saturated heterocycles. The molecule has 1 amide bonds. The molecule has 0 aromatic heterocycles. The van der Waals surface area contributed by atoms with Gasteiger partial charge in [-0.1, -0.05) is 0 Å². The predicted molar refractivity (Wildman–Crippen MR) is 72.2 cm³/mol. The summed E-state index contributed by atoms with van der Waals surface area (Å²) in [5, 5.41) is 3.43. The van der Waals surface area contributed by atoms with Crippen molar-refractivity contribution in [2.75, 3.05) is 19.6 Å². The van der Waals surface area contributed by atoms with Crippen molar-refractivity contribution in [3.8, 4) is 0 Å². The van der Waals surface area contributed by atoms with Gasteiger partial charge in [-0.3, -0.25) is 4.79 Å². The van der Waals surface area contributed by atoms with Gasteiger partial charge >= 0.3 is 0 Å². The molecule has 0 unspecified atom stereocenters. The predicted octanol–water partition coefficient (Wildman–Crippen LogP) is 2.02.